The van der Waals surface area contributed by atoms with Gasteiger partial charge in [0.05, 0.1) is 17.6 Å². The summed E-state index contributed by atoms with van der Waals surface area (Å²) in [5.41, 5.74) is 2.18. The zero-order valence-corrected chi connectivity index (χ0v) is 18.2. The molecule has 5 aromatic rings. The molecule has 8 heteroatoms. The van der Waals surface area contributed by atoms with E-state index in [0.29, 0.717) is 18.0 Å². The van der Waals surface area contributed by atoms with Gasteiger partial charge in [0, 0.05) is 18.0 Å². The molecule has 0 fully saturated rings. The minimum Gasteiger partial charge on any atom is -0.296 e. The number of nitrogens with zero attached hydrogens (tertiary/aromatic N) is 4. The highest BCUT2D eigenvalue weighted by molar-refractivity contribution is 5.92. The van der Waals surface area contributed by atoms with E-state index < -0.39 is 23.7 Å². The Bertz CT molecular complexity index is 1580. The summed E-state index contributed by atoms with van der Waals surface area (Å²) < 4.78 is 4.16. The number of hydrogen-bond donors (Lipinski definition) is 1. The van der Waals surface area contributed by atoms with Crippen LogP contribution in [0.4, 0.5) is 5.95 Å². The summed E-state index contributed by atoms with van der Waals surface area (Å²) in [5.74, 6) is -0.213. The molecule has 0 saturated carbocycles. The van der Waals surface area contributed by atoms with Crippen LogP contribution in [0.1, 0.15) is 5.56 Å². The number of para-hydroxylation sites is 3. The molecule has 168 valence electrons. The van der Waals surface area contributed by atoms with Gasteiger partial charge in [-0.3, -0.25) is 28.6 Å². The average Bonchev–Trinajstić information content (AvgIpc) is 3.22. The van der Waals surface area contributed by atoms with Crippen molar-refractivity contribution in [3.05, 3.63) is 124 Å². The maximum atomic E-state index is 12.9. The van der Waals surface area contributed by atoms with Crippen molar-refractivity contribution in [1.29, 1.82) is 0 Å². The molecule has 0 aliphatic carbocycles. The van der Waals surface area contributed by atoms with Crippen LogP contribution >= 0.6 is 0 Å². The number of rotatable bonds is 6. The molecule has 0 atom stereocenters. The number of hydrogen-bond acceptors (Lipinski definition) is 4. The molecule has 0 spiro atoms. The van der Waals surface area contributed by atoms with E-state index in [0.717, 1.165) is 21.3 Å². The first-order valence-corrected chi connectivity index (χ1v) is 10.8. The monoisotopic (exact) mass is 451 g/mol. The molecule has 3 aromatic carbocycles. The van der Waals surface area contributed by atoms with E-state index in [-0.39, 0.29) is 0 Å². The molecular weight excluding hydrogens is 430 g/mol. The molecular formula is C26H21N5O3. The van der Waals surface area contributed by atoms with Crippen LogP contribution in [0.2, 0.25) is 0 Å². The van der Waals surface area contributed by atoms with Gasteiger partial charge >= 0.3 is 5.69 Å². The van der Waals surface area contributed by atoms with Gasteiger partial charge in [0.15, 0.2) is 0 Å². The van der Waals surface area contributed by atoms with Crippen LogP contribution in [0.3, 0.4) is 0 Å². The molecule has 0 bridgehead atoms. The van der Waals surface area contributed by atoms with Crippen LogP contribution in [0.25, 0.3) is 16.7 Å². The molecule has 2 aromatic heterocycles. The fraction of sp³-hybridized carbons (Fsp3) is 0.0769. The van der Waals surface area contributed by atoms with Crippen LogP contribution in [-0.2, 0) is 17.9 Å². The van der Waals surface area contributed by atoms with E-state index in [9.17, 15) is 14.4 Å². The summed E-state index contributed by atoms with van der Waals surface area (Å²) in [6.07, 6.45) is 1.45. The second-order valence-corrected chi connectivity index (χ2v) is 7.78. The third-order valence-corrected chi connectivity index (χ3v) is 5.46. The van der Waals surface area contributed by atoms with Crippen molar-refractivity contribution in [2.45, 2.75) is 13.1 Å². The van der Waals surface area contributed by atoms with E-state index in [4.69, 9.17) is 0 Å². The van der Waals surface area contributed by atoms with Crippen molar-refractivity contribution in [3.63, 3.8) is 0 Å². The van der Waals surface area contributed by atoms with Gasteiger partial charge in [-0.05, 0) is 29.8 Å². The Labute approximate surface area is 194 Å². The van der Waals surface area contributed by atoms with E-state index >= 15 is 0 Å². The third kappa shape index (κ3) is 4.16. The number of anilines is 1. The summed E-state index contributed by atoms with van der Waals surface area (Å²) in [5, 5.41) is 2.78. The topological polar surface area (TPSA) is 90.9 Å². The first-order chi connectivity index (χ1) is 16.6. The Morgan fingerprint density at radius 1 is 0.824 bits per heavy atom. The van der Waals surface area contributed by atoms with Crippen molar-refractivity contribution >= 4 is 22.9 Å². The number of fused-ring (bicyclic) bond motifs is 1. The predicted octanol–water partition coefficient (Wildman–Crippen LogP) is 3.04. The second kappa shape index (κ2) is 9.03. The number of carbonyl (C=O) groups is 1. The van der Waals surface area contributed by atoms with E-state index in [1.165, 1.54) is 16.8 Å². The number of amides is 1. The van der Waals surface area contributed by atoms with Gasteiger partial charge in [-0.2, -0.15) is 0 Å². The van der Waals surface area contributed by atoms with Gasteiger partial charge in [-0.25, -0.2) is 9.78 Å². The summed E-state index contributed by atoms with van der Waals surface area (Å²) in [4.78, 5) is 42.8. The Kier molecular flexibility index (Phi) is 5.61. The Morgan fingerprint density at radius 3 is 2.26 bits per heavy atom. The molecule has 0 aliphatic heterocycles. The SMILES string of the molecule is O=C(Cn1c(=O)ccn(Cc2ccccc2)c1=O)Nc1nc2ccccc2n1-c1ccccc1. The predicted molar refractivity (Wildman–Crippen MR) is 130 cm³/mol. The Hall–Kier alpha value is -4.72. The molecule has 1 amide bonds. The van der Waals surface area contributed by atoms with E-state index in [2.05, 4.69) is 10.3 Å². The van der Waals surface area contributed by atoms with Gasteiger partial charge in [-0.15, -0.1) is 0 Å². The molecule has 0 saturated heterocycles. The van der Waals surface area contributed by atoms with E-state index in [1.54, 1.807) is 0 Å². The van der Waals surface area contributed by atoms with Crippen LogP contribution in [0, 0.1) is 0 Å². The van der Waals surface area contributed by atoms with Crippen LogP contribution in [0.15, 0.2) is 107 Å². The maximum absolute atomic E-state index is 12.9. The first kappa shape index (κ1) is 21.1. The van der Waals surface area contributed by atoms with Crippen molar-refractivity contribution < 1.29 is 4.79 Å². The normalized spacial score (nSPS) is 10.9. The molecule has 0 unspecified atom stereocenters. The second-order valence-electron chi connectivity index (χ2n) is 7.78. The molecule has 34 heavy (non-hydrogen) atoms. The first-order valence-electron chi connectivity index (χ1n) is 10.8. The molecule has 0 aliphatic rings. The summed E-state index contributed by atoms with van der Waals surface area (Å²) in [6.45, 7) is -0.128. The molecule has 2 heterocycles. The number of carbonyl (C=O) groups excluding carboxylic acids is 1. The molecule has 8 nitrogen and oxygen atoms in total. The fourth-order valence-corrected chi connectivity index (χ4v) is 3.86. The third-order valence-electron chi connectivity index (χ3n) is 5.46. The van der Waals surface area contributed by atoms with Crippen molar-refractivity contribution in [2.24, 2.45) is 0 Å². The van der Waals surface area contributed by atoms with Crippen molar-refractivity contribution in [2.75, 3.05) is 5.32 Å². The number of aromatic nitrogens is 4. The lowest BCUT2D eigenvalue weighted by molar-refractivity contribution is -0.116. The largest absolute Gasteiger partial charge is 0.331 e. The van der Waals surface area contributed by atoms with Gasteiger partial charge in [0.1, 0.15) is 6.54 Å². The number of benzene rings is 3. The van der Waals surface area contributed by atoms with E-state index in [1.807, 2.05) is 89.5 Å². The maximum Gasteiger partial charge on any atom is 0.331 e. The van der Waals surface area contributed by atoms with Crippen molar-refractivity contribution in [1.82, 2.24) is 18.7 Å². The quantitative estimate of drug-likeness (QED) is 0.430. The number of imidazole rings is 1. The van der Waals surface area contributed by atoms with Crippen LogP contribution in [0.5, 0.6) is 0 Å². The van der Waals surface area contributed by atoms with Crippen molar-refractivity contribution in [3.8, 4) is 5.69 Å². The minimum absolute atomic E-state index is 0.297. The van der Waals surface area contributed by atoms with Gasteiger partial charge in [-0.1, -0.05) is 60.7 Å². The summed E-state index contributed by atoms with van der Waals surface area (Å²) in [6, 6.07) is 27.8. The minimum atomic E-state index is -0.553. The lowest BCUT2D eigenvalue weighted by Crippen LogP contribution is -2.42. The number of nitrogens with one attached hydrogen (secondary N) is 1. The van der Waals surface area contributed by atoms with Gasteiger partial charge in [0.2, 0.25) is 11.9 Å². The summed E-state index contributed by atoms with van der Waals surface area (Å²) in [7, 11) is 0. The van der Waals surface area contributed by atoms with Gasteiger partial charge < -0.3 is 0 Å². The van der Waals surface area contributed by atoms with Crippen LogP contribution in [-0.4, -0.2) is 24.6 Å². The molecule has 1 N–H and O–H groups in total. The molecule has 5 rings (SSSR count). The summed E-state index contributed by atoms with van der Waals surface area (Å²) >= 11 is 0. The highest BCUT2D eigenvalue weighted by Gasteiger charge is 2.16. The Balaban J connectivity index is 1.45. The lowest BCUT2D eigenvalue weighted by atomic mass is 10.2. The highest BCUT2D eigenvalue weighted by Crippen LogP contribution is 2.24. The average molecular weight is 451 g/mol. The smallest absolute Gasteiger partial charge is 0.296 e. The van der Waals surface area contributed by atoms with Crippen LogP contribution < -0.4 is 16.6 Å². The fourth-order valence-electron chi connectivity index (χ4n) is 3.86. The zero-order valence-electron chi connectivity index (χ0n) is 18.2. The lowest BCUT2D eigenvalue weighted by Gasteiger charge is -2.12. The molecule has 0 radical (unpaired) electrons. The van der Waals surface area contributed by atoms with Gasteiger partial charge in [0.25, 0.3) is 5.56 Å². The highest BCUT2D eigenvalue weighted by atomic mass is 16.2. The standard InChI is InChI=1S/C26H21N5O3/c32-23(18-30-24(33)15-16-29(26(30)34)17-19-9-3-1-4-10-19)28-25-27-21-13-7-8-14-22(21)31(25)20-11-5-2-6-12-20/h1-16H,17-18H2,(H,27,28,32). The zero-order chi connectivity index (χ0) is 23.5. The Morgan fingerprint density at radius 2 is 1.50 bits per heavy atom.